The zero-order chi connectivity index (χ0) is 13.8. The molecule has 0 aliphatic carbocycles. The molecule has 0 aliphatic rings. The van der Waals surface area contributed by atoms with Crippen LogP contribution in [0, 0.1) is 6.92 Å². The smallest absolute Gasteiger partial charge is 0.356 e. The van der Waals surface area contributed by atoms with E-state index in [1.54, 1.807) is 6.07 Å². The summed E-state index contributed by atoms with van der Waals surface area (Å²) in [5.74, 6) is -0.543. The molecule has 0 amide bonds. The summed E-state index contributed by atoms with van der Waals surface area (Å²) in [6.07, 6.45) is 0.907. The number of rotatable bonds is 4. The molecule has 2 aromatic rings. The van der Waals surface area contributed by atoms with Crippen molar-refractivity contribution in [1.29, 1.82) is 0 Å². The van der Waals surface area contributed by atoms with Crippen LogP contribution < -0.4 is 5.32 Å². The molecule has 0 saturated carbocycles. The summed E-state index contributed by atoms with van der Waals surface area (Å²) in [7, 11) is 0. The van der Waals surface area contributed by atoms with Crippen molar-refractivity contribution >= 4 is 17.5 Å². The Bertz CT molecular complexity index is 594. The maximum absolute atomic E-state index is 10.7. The van der Waals surface area contributed by atoms with Crippen LogP contribution in [-0.2, 0) is 6.42 Å². The molecular weight excluding hydrogens is 242 g/mol. The summed E-state index contributed by atoms with van der Waals surface area (Å²) in [6.45, 7) is 4.10. The highest BCUT2D eigenvalue weighted by molar-refractivity contribution is 5.85. The summed E-state index contributed by atoms with van der Waals surface area (Å²) in [6, 6.07) is 9.12. The Hall–Kier alpha value is -2.43. The quantitative estimate of drug-likeness (QED) is 0.880. The van der Waals surface area contributed by atoms with Gasteiger partial charge in [-0.1, -0.05) is 25.1 Å². The van der Waals surface area contributed by atoms with Crippen molar-refractivity contribution in [3.05, 3.63) is 47.2 Å². The molecule has 0 radical (unpaired) electrons. The molecule has 5 nitrogen and oxygen atoms in total. The Morgan fingerprint density at radius 1 is 1.26 bits per heavy atom. The number of para-hydroxylation sites is 1. The lowest BCUT2D eigenvalue weighted by Crippen LogP contribution is -2.05. The van der Waals surface area contributed by atoms with Crippen LogP contribution in [0.25, 0.3) is 0 Å². The van der Waals surface area contributed by atoms with Crippen molar-refractivity contribution in [2.45, 2.75) is 20.3 Å². The van der Waals surface area contributed by atoms with E-state index in [4.69, 9.17) is 5.11 Å². The topological polar surface area (TPSA) is 75.1 Å². The average Bonchev–Trinajstić information content (AvgIpc) is 2.41. The highest BCUT2D eigenvalue weighted by Gasteiger charge is 2.08. The highest BCUT2D eigenvalue weighted by Crippen LogP contribution is 2.24. The zero-order valence-electron chi connectivity index (χ0n) is 10.8. The van der Waals surface area contributed by atoms with E-state index in [0.29, 0.717) is 5.82 Å². The van der Waals surface area contributed by atoms with Gasteiger partial charge in [-0.05, 0) is 36.6 Å². The van der Waals surface area contributed by atoms with Gasteiger partial charge in [-0.3, -0.25) is 0 Å². The number of nitrogens with one attached hydrogen (secondary N) is 1. The Morgan fingerprint density at radius 3 is 2.63 bits per heavy atom. The Kier molecular flexibility index (Phi) is 3.75. The van der Waals surface area contributed by atoms with E-state index >= 15 is 0 Å². The van der Waals surface area contributed by atoms with Gasteiger partial charge in [0.1, 0.15) is 0 Å². The molecule has 98 valence electrons. The number of carboxylic acids is 1. The van der Waals surface area contributed by atoms with Gasteiger partial charge >= 0.3 is 5.97 Å². The second-order valence-electron chi connectivity index (χ2n) is 4.20. The van der Waals surface area contributed by atoms with E-state index in [-0.39, 0.29) is 5.69 Å². The second-order valence-corrected chi connectivity index (χ2v) is 4.20. The molecule has 5 heteroatoms. The average molecular weight is 257 g/mol. The van der Waals surface area contributed by atoms with Crippen LogP contribution in [0.1, 0.15) is 28.5 Å². The maximum atomic E-state index is 10.7. The molecule has 1 aromatic heterocycles. The lowest BCUT2D eigenvalue weighted by molar-refractivity contribution is 0.0689. The van der Waals surface area contributed by atoms with Gasteiger partial charge in [-0.15, -0.1) is 10.2 Å². The van der Waals surface area contributed by atoms with Gasteiger partial charge in [0.15, 0.2) is 11.5 Å². The summed E-state index contributed by atoms with van der Waals surface area (Å²) < 4.78 is 0. The molecule has 0 spiro atoms. The van der Waals surface area contributed by atoms with E-state index in [1.165, 1.54) is 11.6 Å². The zero-order valence-corrected chi connectivity index (χ0v) is 10.8. The first-order valence-electron chi connectivity index (χ1n) is 6.04. The third-order valence-electron chi connectivity index (χ3n) is 2.88. The van der Waals surface area contributed by atoms with Crippen molar-refractivity contribution in [2.24, 2.45) is 0 Å². The number of aryl methyl sites for hydroxylation is 2. The van der Waals surface area contributed by atoms with Crippen molar-refractivity contribution in [1.82, 2.24) is 10.2 Å². The molecule has 0 bridgehead atoms. The Morgan fingerprint density at radius 2 is 2.05 bits per heavy atom. The van der Waals surface area contributed by atoms with Crippen LogP contribution in [-0.4, -0.2) is 21.3 Å². The summed E-state index contributed by atoms with van der Waals surface area (Å²) in [5, 5.41) is 19.5. The fraction of sp³-hybridized carbons (Fsp3) is 0.214. The van der Waals surface area contributed by atoms with Crippen LogP contribution in [0.3, 0.4) is 0 Å². The van der Waals surface area contributed by atoms with E-state index in [9.17, 15) is 4.79 Å². The predicted octanol–water partition coefficient (Wildman–Crippen LogP) is 2.79. The first-order chi connectivity index (χ1) is 9.11. The molecule has 1 aromatic carbocycles. The predicted molar refractivity (Wildman–Crippen MR) is 72.8 cm³/mol. The molecule has 2 N–H and O–H groups in total. The standard InChI is InChI=1S/C14H15N3O2/c1-3-10-6-4-5-9(2)13(10)15-12-8-7-11(14(18)19)16-17-12/h4-8H,3H2,1-2H3,(H,15,17)(H,18,19). The molecule has 0 aliphatic heterocycles. The van der Waals surface area contributed by atoms with Crippen LogP contribution in [0.2, 0.25) is 0 Å². The van der Waals surface area contributed by atoms with Crippen LogP contribution >= 0.6 is 0 Å². The Balaban J connectivity index is 2.28. The number of carbonyl (C=O) groups is 1. The first kappa shape index (κ1) is 13.0. The van der Waals surface area contributed by atoms with E-state index in [1.807, 2.05) is 25.1 Å². The molecule has 1 heterocycles. The number of anilines is 2. The molecular formula is C14H15N3O2. The molecule has 0 atom stereocenters. The fourth-order valence-electron chi connectivity index (χ4n) is 1.84. The third kappa shape index (κ3) is 2.88. The van der Waals surface area contributed by atoms with E-state index < -0.39 is 5.97 Å². The van der Waals surface area contributed by atoms with E-state index in [2.05, 4.69) is 22.4 Å². The molecule has 0 saturated heterocycles. The number of hydrogen-bond acceptors (Lipinski definition) is 4. The van der Waals surface area contributed by atoms with Crippen molar-refractivity contribution < 1.29 is 9.90 Å². The maximum Gasteiger partial charge on any atom is 0.356 e. The minimum absolute atomic E-state index is 0.0638. The molecule has 0 unspecified atom stereocenters. The Labute approximate surface area is 111 Å². The minimum atomic E-state index is -1.08. The van der Waals surface area contributed by atoms with Gasteiger partial charge in [0.2, 0.25) is 0 Å². The first-order valence-corrected chi connectivity index (χ1v) is 6.04. The highest BCUT2D eigenvalue weighted by atomic mass is 16.4. The second kappa shape index (κ2) is 5.48. The summed E-state index contributed by atoms with van der Waals surface area (Å²) in [5.41, 5.74) is 3.24. The monoisotopic (exact) mass is 257 g/mol. The summed E-state index contributed by atoms with van der Waals surface area (Å²) >= 11 is 0. The lowest BCUT2D eigenvalue weighted by atomic mass is 10.1. The van der Waals surface area contributed by atoms with Gasteiger partial charge in [0, 0.05) is 5.69 Å². The number of aromatic nitrogens is 2. The number of nitrogens with zero attached hydrogens (tertiary/aromatic N) is 2. The third-order valence-corrected chi connectivity index (χ3v) is 2.88. The minimum Gasteiger partial charge on any atom is -0.476 e. The van der Waals surface area contributed by atoms with Crippen LogP contribution in [0.5, 0.6) is 0 Å². The molecule has 0 fully saturated rings. The number of aromatic carboxylic acids is 1. The molecule has 2 rings (SSSR count). The van der Waals surface area contributed by atoms with Crippen molar-refractivity contribution in [3.8, 4) is 0 Å². The molecule has 19 heavy (non-hydrogen) atoms. The van der Waals surface area contributed by atoms with Crippen molar-refractivity contribution in [3.63, 3.8) is 0 Å². The lowest BCUT2D eigenvalue weighted by Gasteiger charge is -2.12. The normalized spacial score (nSPS) is 10.2. The number of carboxylic acid groups (broad SMARTS) is 1. The van der Waals surface area contributed by atoms with Gasteiger partial charge in [0.25, 0.3) is 0 Å². The summed E-state index contributed by atoms with van der Waals surface area (Å²) in [4.78, 5) is 10.7. The van der Waals surface area contributed by atoms with Crippen molar-refractivity contribution in [2.75, 3.05) is 5.32 Å². The number of hydrogen-bond donors (Lipinski definition) is 2. The fourth-order valence-corrected chi connectivity index (χ4v) is 1.84. The van der Waals surface area contributed by atoms with Gasteiger partial charge in [-0.2, -0.15) is 0 Å². The van der Waals surface area contributed by atoms with Gasteiger partial charge < -0.3 is 10.4 Å². The van der Waals surface area contributed by atoms with E-state index in [0.717, 1.165) is 17.7 Å². The van der Waals surface area contributed by atoms with Crippen LogP contribution in [0.4, 0.5) is 11.5 Å². The SMILES string of the molecule is CCc1cccc(C)c1Nc1ccc(C(=O)O)nn1. The van der Waals surface area contributed by atoms with Crippen LogP contribution in [0.15, 0.2) is 30.3 Å². The van der Waals surface area contributed by atoms with Gasteiger partial charge in [0.05, 0.1) is 0 Å². The number of benzene rings is 1. The van der Waals surface area contributed by atoms with Gasteiger partial charge in [-0.25, -0.2) is 4.79 Å². The largest absolute Gasteiger partial charge is 0.476 e.